The second-order valence-corrected chi connectivity index (χ2v) is 5.81. The van der Waals surface area contributed by atoms with Crippen molar-refractivity contribution >= 4 is 22.0 Å². The molecule has 0 spiro atoms. The van der Waals surface area contributed by atoms with E-state index in [4.69, 9.17) is 14.4 Å². The third kappa shape index (κ3) is 5.66. The highest BCUT2D eigenvalue weighted by molar-refractivity contribution is 7.85. The summed E-state index contributed by atoms with van der Waals surface area (Å²) in [4.78, 5) is 26.8. The summed E-state index contributed by atoms with van der Waals surface area (Å²) in [6, 6.07) is 1.22. The van der Waals surface area contributed by atoms with Gasteiger partial charge in [-0.15, -0.1) is 0 Å². The molecule has 1 heterocycles. The molecule has 1 aromatic rings. The van der Waals surface area contributed by atoms with Gasteiger partial charge in [0, 0.05) is 6.20 Å². The molecule has 1 rings (SSSR count). The van der Waals surface area contributed by atoms with Crippen LogP contribution < -0.4 is 10.1 Å². The lowest BCUT2D eigenvalue weighted by Gasteiger charge is -2.14. The average Bonchev–Trinajstić information content (AvgIpc) is 2.43. The Morgan fingerprint density at radius 3 is 2.68 bits per heavy atom. The third-order valence-electron chi connectivity index (χ3n) is 2.43. The van der Waals surface area contributed by atoms with Gasteiger partial charge in [-0.2, -0.15) is 8.42 Å². The van der Waals surface area contributed by atoms with Crippen LogP contribution in [-0.2, 0) is 14.9 Å². The third-order valence-corrected chi connectivity index (χ3v) is 3.18. The van der Waals surface area contributed by atoms with Crippen molar-refractivity contribution in [3.05, 3.63) is 24.0 Å². The summed E-state index contributed by atoms with van der Waals surface area (Å²) in [5.41, 5.74) is -0.169. The minimum Gasteiger partial charge on any atom is -0.491 e. The van der Waals surface area contributed by atoms with E-state index >= 15 is 0 Å². The van der Waals surface area contributed by atoms with E-state index in [9.17, 15) is 18.0 Å². The molecule has 0 radical (unpaired) electrons. The number of rotatable bonds is 8. The van der Waals surface area contributed by atoms with E-state index in [-0.39, 0.29) is 11.4 Å². The van der Waals surface area contributed by atoms with Crippen molar-refractivity contribution in [1.82, 2.24) is 10.3 Å². The summed E-state index contributed by atoms with van der Waals surface area (Å²) >= 11 is 0. The predicted molar refractivity (Wildman–Crippen MR) is 75.3 cm³/mol. The first-order chi connectivity index (χ1) is 10.2. The van der Waals surface area contributed by atoms with Crippen LogP contribution in [0.3, 0.4) is 0 Å². The number of aromatic nitrogens is 1. The molecule has 3 N–H and O–H groups in total. The van der Waals surface area contributed by atoms with Crippen molar-refractivity contribution in [2.45, 2.75) is 19.4 Å². The molecule has 0 aromatic carbocycles. The quantitative estimate of drug-likeness (QED) is 0.562. The summed E-state index contributed by atoms with van der Waals surface area (Å²) in [5, 5.41) is 10.9. The summed E-state index contributed by atoms with van der Waals surface area (Å²) < 4.78 is 35.6. The number of carbonyl (C=O) groups excluding carboxylic acids is 1. The highest BCUT2D eigenvalue weighted by atomic mass is 32.2. The largest absolute Gasteiger partial charge is 0.491 e. The molecule has 0 saturated heterocycles. The number of nitrogens with zero attached hydrogens (tertiary/aromatic N) is 1. The molecule has 0 fully saturated rings. The molecular weight excluding hydrogens is 316 g/mol. The Morgan fingerprint density at radius 1 is 1.45 bits per heavy atom. The molecular formula is C12H16N2O7S. The van der Waals surface area contributed by atoms with Gasteiger partial charge < -0.3 is 15.2 Å². The van der Waals surface area contributed by atoms with Gasteiger partial charge in [0.1, 0.15) is 11.8 Å². The Labute approximate surface area is 127 Å². The van der Waals surface area contributed by atoms with Gasteiger partial charge in [-0.3, -0.25) is 9.35 Å². The maximum absolute atomic E-state index is 12.0. The molecule has 22 heavy (non-hydrogen) atoms. The molecule has 1 aromatic heterocycles. The zero-order valence-corrected chi connectivity index (χ0v) is 12.5. The van der Waals surface area contributed by atoms with Crippen LogP contribution >= 0.6 is 0 Å². The highest BCUT2D eigenvalue weighted by Crippen LogP contribution is 2.15. The van der Waals surface area contributed by atoms with Crippen LogP contribution in [0, 0.1) is 0 Å². The van der Waals surface area contributed by atoms with Gasteiger partial charge in [-0.25, -0.2) is 9.78 Å². The number of pyridine rings is 1. The second kappa shape index (κ2) is 7.71. The van der Waals surface area contributed by atoms with Gasteiger partial charge in [0.15, 0.2) is 11.4 Å². The van der Waals surface area contributed by atoms with Gasteiger partial charge in [-0.1, -0.05) is 6.92 Å². The van der Waals surface area contributed by atoms with Gasteiger partial charge in [0.2, 0.25) is 0 Å². The smallest absolute Gasteiger partial charge is 0.327 e. The first-order valence-electron chi connectivity index (χ1n) is 6.31. The maximum Gasteiger partial charge on any atom is 0.327 e. The molecule has 10 heteroatoms. The number of carbonyl (C=O) groups is 2. The minimum atomic E-state index is -4.57. The molecule has 1 atom stereocenters. The fraction of sp³-hybridized carbons (Fsp3) is 0.417. The number of ether oxygens (including phenoxy) is 1. The number of amides is 1. The lowest BCUT2D eigenvalue weighted by molar-refractivity contribution is -0.138. The van der Waals surface area contributed by atoms with Crippen LogP contribution in [0.2, 0.25) is 0 Å². The first kappa shape index (κ1) is 17.9. The van der Waals surface area contributed by atoms with E-state index in [2.05, 4.69) is 4.98 Å². The number of nitrogens with one attached hydrogen (secondary N) is 1. The Morgan fingerprint density at radius 2 is 2.14 bits per heavy atom. The van der Waals surface area contributed by atoms with E-state index in [0.717, 1.165) is 0 Å². The number of carboxylic acids is 1. The Bertz CT molecular complexity index is 645. The summed E-state index contributed by atoms with van der Waals surface area (Å²) in [5.74, 6) is -3.51. The summed E-state index contributed by atoms with van der Waals surface area (Å²) in [7, 11) is -4.57. The van der Waals surface area contributed by atoms with Crippen LogP contribution in [0.5, 0.6) is 5.75 Å². The van der Waals surface area contributed by atoms with Crippen LogP contribution in [0.4, 0.5) is 0 Å². The second-order valence-electron chi connectivity index (χ2n) is 4.31. The van der Waals surface area contributed by atoms with Crippen molar-refractivity contribution in [3.63, 3.8) is 0 Å². The Hall–Kier alpha value is -2.20. The first-order valence-corrected chi connectivity index (χ1v) is 7.92. The number of hydrogen-bond acceptors (Lipinski definition) is 6. The molecule has 0 bridgehead atoms. The van der Waals surface area contributed by atoms with E-state index in [1.165, 1.54) is 18.3 Å². The standard InChI is InChI=1S/C12H16N2O7S/c1-2-6-21-9-4-3-5-13-10(9)11(15)14-8(12(16)17)7-22(18,19)20/h3-5,8H,2,6-7H2,1H3,(H,14,15)(H,16,17)(H,18,19,20)/t8-/m0/s1. The van der Waals surface area contributed by atoms with Gasteiger partial charge in [-0.05, 0) is 18.6 Å². The van der Waals surface area contributed by atoms with Crippen LogP contribution in [0.25, 0.3) is 0 Å². The van der Waals surface area contributed by atoms with Crippen molar-refractivity contribution in [2.24, 2.45) is 0 Å². The Balaban J connectivity index is 2.93. The Kier molecular flexibility index (Phi) is 6.25. The molecule has 0 aliphatic rings. The molecule has 0 unspecified atom stereocenters. The van der Waals surface area contributed by atoms with Crippen LogP contribution in [0.1, 0.15) is 23.8 Å². The predicted octanol–water partition coefficient (Wildman–Crippen LogP) is -0.0588. The van der Waals surface area contributed by atoms with E-state index in [1.54, 1.807) is 0 Å². The van der Waals surface area contributed by atoms with Crippen LogP contribution in [-0.4, -0.2) is 53.3 Å². The maximum atomic E-state index is 12.0. The average molecular weight is 332 g/mol. The van der Waals surface area contributed by atoms with E-state index in [0.29, 0.717) is 13.0 Å². The number of hydrogen-bond donors (Lipinski definition) is 3. The van der Waals surface area contributed by atoms with Crippen molar-refractivity contribution in [3.8, 4) is 5.75 Å². The summed E-state index contributed by atoms with van der Waals surface area (Å²) in [6.45, 7) is 2.20. The fourth-order valence-electron chi connectivity index (χ4n) is 1.50. The van der Waals surface area contributed by atoms with Crippen LogP contribution in [0.15, 0.2) is 18.3 Å². The lowest BCUT2D eigenvalue weighted by Crippen LogP contribution is -2.45. The zero-order valence-electron chi connectivity index (χ0n) is 11.7. The van der Waals surface area contributed by atoms with E-state index in [1.807, 2.05) is 12.2 Å². The monoisotopic (exact) mass is 332 g/mol. The lowest BCUT2D eigenvalue weighted by atomic mass is 10.2. The summed E-state index contributed by atoms with van der Waals surface area (Å²) in [6.07, 6.45) is 2.00. The minimum absolute atomic E-state index is 0.151. The number of carboxylic acid groups (broad SMARTS) is 1. The molecule has 9 nitrogen and oxygen atoms in total. The molecule has 1 amide bonds. The zero-order chi connectivity index (χ0) is 16.8. The van der Waals surface area contributed by atoms with Gasteiger partial charge in [0.05, 0.1) is 6.61 Å². The molecule has 0 aliphatic carbocycles. The highest BCUT2D eigenvalue weighted by Gasteiger charge is 2.27. The van der Waals surface area contributed by atoms with E-state index < -0.39 is 33.8 Å². The SMILES string of the molecule is CCCOc1cccnc1C(=O)N[C@@H](CS(=O)(=O)O)C(=O)O. The normalized spacial score (nSPS) is 12.5. The number of aliphatic carboxylic acids is 1. The molecule has 0 saturated carbocycles. The van der Waals surface area contributed by atoms with Gasteiger partial charge in [0.25, 0.3) is 16.0 Å². The fourth-order valence-corrected chi connectivity index (χ4v) is 2.15. The molecule has 122 valence electrons. The topological polar surface area (TPSA) is 143 Å². The molecule has 0 aliphatic heterocycles. The van der Waals surface area contributed by atoms with Crippen molar-refractivity contribution in [2.75, 3.05) is 12.4 Å². The van der Waals surface area contributed by atoms with Crippen molar-refractivity contribution in [1.29, 1.82) is 0 Å². The van der Waals surface area contributed by atoms with Crippen molar-refractivity contribution < 1.29 is 32.4 Å². The van der Waals surface area contributed by atoms with Gasteiger partial charge >= 0.3 is 5.97 Å².